The molecule has 0 aromatic carbocycles. The molecule has 1 aromatic rings. The van der Waals surface area contributed by atoms with Crippen LogP contribution in [0.1, 0.15) is 16.1 Å². The van der Waals surface area contributed by atoms with Gasteiger partial charge >= 0.3 is 0 Å². The van der Waals surface area contributed by atoms with Crippen molar-refractivity contribution in [3.63, 3.8) is 0 Å². The molecule has 0 atom stereocenters. The van der Waals surface area contributed by atoms with Crippen LogP contribution in [0.15, 0.2) is 10.7 Å². The van der Waals surface area contributed by atoms with Gasteiger partial charge < -0.3 is 9.15 Å². The summed E-state index contributed by atoms with van der Waals surface area (Å²) in [6.07, 6.45) is 3.32. The van der Waals surface area contributed by atoms with Crippen LogP contribution >= 0.6 is 0 Å². The summed E-state index contributed by atoms with van der Waals surface area (Å²) in [7, 11) is 0. The van der Waals surface area contributed by atoms with Gasteiger partial charge in [-0.2, -0.15) is 0 Å². The van der Waals surface area contributed by atoms with Crippen molar-refractivity contribution in [2.24, 2.45) is 0 Å². The molecule has 0 unspecified atom stereocenters. The Bertz CT molecular complexity index is 308. The van der Waals surface area contributed by atoms with Crippen LogP contribution in [0.4, 0.5) is 0 Å². The number of carbonyl (C=O) groups is 1. The molecule has 0 bridgehead atoms. The second-order valence-electron chi connectivity index (χ2n) is 1.92. The van der Waals surface area contributed by atoms with Gasteiger partial charge in [0, 0.05) is 5.56 Å². The largest absolute Gasteiger partial charge is 0.457 e. The van der Waals surface area contributed by atoms with E-state index in [4.69, 9.17) is 9.68 Å². The Morgan fingerprint density at radius 1 is 1.82 bits per heavy atom. The van der Waals surface area contributed by atoms with E-state index in [-0.39, 0.29) is 11.5 Å². The van der Waals surface area contributed by atoms with E-state index in [0.717, 1.165) is 0 Å². The summed E-state index contributed by atoms with van der Waals surface area (Å²) < 4.78 is 9.23. The predicted octanol–water partition coefficient (Wildman–Crippen LogP) is 1.26. The van der Waals surface area contributed by atoms with Crippen molar-refractivity contribution < 1.29 is 13.9 Å². The molecule has 0 aliphatic heterocycles. The molecule has 0 aliphatic rings. The zero-order valence-corrected chi connectivity index (χ0v) is 5.83. The van der Waals surface area contributed by atoms with Crippen LogP contribution in [-0.4, -0.2) is 6.29 Å². The molecular formula is C7H5NO3. The van der Waals surface area contributed by atoms with E-state index >= 15 is 0 Å². The first-order valence-electron chi connectivity index (χ1n) is 2.88. The summed E-state index contributed by atoms with van der Waals surface area (Å²) in [5.74, 6) is 0.242. The van der Waals surface area contributed by atoms with Crippen molar-refractivity contribution in [2.75, 3.05) is 0 Å². The Balaban J connectivity index is 3.09. The lowest BCUT2D eigenvalue weighted by Crippen LogP contribution is -1.85. The summed E-state index contributed by atoms with van der Waals surface area (Å²) in [5, 5.41) is 8.15. The Morgan fingerprint density at radius 3 is 3.09 bits per heavy atom. The normalized spacial score (nSPS) is 8.73. The smallest absolute Gasteiger partial charge is 0.292 e. The van der Waals surface area contributed by atoms with Crippen molar-refractivity contribution in [1.29, 1.82) is 5.26 Å². The molecule has 0 spiro atoms. The molecule has 0 saturated heterocycles. The van der Waals surface area contributed by atoms with Gasteiger partial charge in [-0.25, -0.2) is 0 Å². The van der Waals surface area contributed by atoms with Crippen LogP contribution in [0.3, 0.4) is 0 Å². The molecule has 0 fully saturated rings. The zero-order valence-electron chi connectivity index (χ0n) is 5.83. The fourth-order valence-corrected chi connectivity index (χ4v) is 0.711. The molecule has 4 heteroatoms. The number of hydrogen-bond donors (Lipinski definition) is 0. The van der Waals surface area contributed by atoms with Crippen molar-refractivity contribution >= 4 is 6.29 Å². The summed E-state index contributed by atoms with van der Waals surface area (Å²) in [6, 6.07) is 0. The third kappa shape index (κ3) is 1.22. The number of nitrogens with zero attached hydrogens (tertiary/aromatic N) is 1. The Hall–Kier alpha value is -1.76. The maximum Gasteiger partial charge on any atom is 0.292 e. The average Bonchev–Trinajstić information content (AvgIpc) is 2.34. The van der Waals surface area contributed by atoms with Crippen LogP contribution in [-0.2, 0) is 0 Å². The minimum absolute atomic E-state index is 0.0454. The third-order valence-corrected chi connectivity index (χ3v) is 1.20. The van der Waals surface area contributed by atoms with Gasteiger partial charge in [-0.05, 0) is 6.92 Å². The average molecular weight is 151 g/mol. The lowest BCUT2D eigenvalue weighted by atomic mass is 10.3. The summed E-state index contributed by atoms with van der Waals surface area (Å²) in [4.78, 5) is 10.2. The number of furan rings is 1. The van der Waals surface area contributed by atoms with E-state index in [2.05, 4.69) is 4.74 Å². The van der Waals surface area contributed by atoms with Crippen LogP contribution < -0.4 is 4.74 Å². The van der Waals surface area contributed by atoms with Crippen LogP contribution in [0.25, 0.3) is 0 Å². The van der Waals surface area contributed by atoms with Crippen LogP contribution in [0, 0.1) is 18.4 Å². The quantitative estimate of drug-likeness (QED) is 0.471. The molecule has 1 heterocycles. The van der Waals surface area contributed by atoms with Gasteiger partial charge in [0.05, 0.1) is 6.26 Å². The molecule has 1 rings (SSSR count). The Kier molecular flexibility index (Phi) is 1.93. The van der Waals surface area contributed by atoms with Crippen molar-refractivity contribution in [1.82, 2.24) is 0 Å². The number of rotatable bonds is 2. The van der Waals surface area contributed by atoms with E-state index < -0.39 is 0 Å². The molecule has 56 valence electrons. The lowest BCUT2D eigenvalue weighted by molar-refractivity contribution is 0.109. The Morgan fingerprint density at radius 2 is 2.55 bits per heavy atom. The topological polar surface area (TPSA) is 63.2 Å². The SMILES string of the molecule is Cc1coc(C=O)c1OC#N. The highest BCUT2D eigenvalue weighted by atomic mass is 16.5. The summed E-state index contributed by atoms with van der Waals surface area (Å²) in [6.45, 7) is 1.68. The predicted molar refractivity (Wildman–Crippen MR) is 35.1 cm³/mol. The second-order valence-corrected chi connectivity index (χ2v) is 1.92. The molecule has 11 heavy (non-hydrogen) atoms. The standard InChI is InChI=1S/C7H5NO3/c1-5-3-10-6(2-9)7(5)11-4-8/h2-3H,1H3. The van der Waals surface area contributed by atoms with E-state index in [0.29, 0.717) is 11.8 Å². The fourth-order valence-electron chi connectivity index (χ4n) is 0.711. The van der Waals surface area contributed by atoms with Crippen molar-refractivity contribution in [3.8, 4) is 12.0 Å². The van der Waals surface area contributed by atoms with Crippen molar-refractivity contribution in [3.05, 3.63) is 17.6 Å². The van der Waals surface area contributed by atoms with Crippen LogP contribution in [0.5, 0.6) is 5.75 Å². The highest BCUT2D eigenvalue weighted by Gasteiger charge is 2.10. The van der Waals surface area contributed by atoms with Crippen LogP contribution in [0.2, 0.25) is 0 Å². The van der Waals surface area contributed by atoms with E-state index in [1.54, 1.807) is 6.92 Å². The Labute approximate surface area is 63.0 Å². The maximum absolute atomic E-state index is 10.2. The van der Waals surface area contributed by atoms with Gasteiger partial charge in [0.2, 0.25) is 5.76 Å². The molecule has 0 aliphatic carbocycles. The zero-order chi connectivity index (χ0) is 8.27. The highest BCUT2D eigenvalue weighted by molar-refractivity contribution is 5.76. The van der Waals surface area contributed by atoms with Gasteiger partial charge in [0.15, 0.2) is 12.0 Å². The van der Waals surface area contributed by atoms with Crippen molar-refractivity contribution in [2.45, 2.75) is 6.92 Å². The van der Waals surface area contributed by atoms with E-state index in [1.807, 2.05) is 0 Å². The second kappa shape index (κ2) is 2.88. The minimum atomic E-state index is 0.0454. The number of aldehydes is 1. The fraction of sp³-hybridized carbons (Fsp3) is 0.143. The highest BCUT2D eigenvalue weighted by Crippen LogP contribution is 2.23. The number of nitriles is 1. The molecule has 0 radical (unpaired) electrons. The molecule has 0 saturated carbocycles. The molecule has 4 nitrogen and oxygen atoms in total. The van der Waals surface area contributed by atoms with Gasteiger partial charge in [0.1, 0.15) is 0 Å². The first kappa shape index (κ1) is 7.35. The van der Waals surface area contributed by atoms with Gasteiger partial charge in [-0.1, -0.05) is 0 Å². The monoisotopic (exact) mass is 151 g/mol. The third-order valence-electron chi connectivity index (χ3n) is 1.20. The first-order valence-corrected chi connectivity index (χ1v) is 2.88. The maximum atomic E-state index is 10.2. The lowest BCUT2D eigenvalue weighted by Gasteiger charge is -1.90. The molecule has 0 N–H and O–H groups in total. The molecular weight excluding hydrogens is 146 g/mol. The number of carbonyl (C=O) groups excluding carboxylic acids is 1. The summed E-state index contributed by atoms with van der Waals surface area (Å²) in [5.41, 5.74) is 0.633. The number of ether oxygens (including phenoxy) is 1. The first-order chi connectivity index (χ1) is 5.29. The molecule has 1 aromatic heterocycles. The van der Waals surface area contributed by atoms with Gasteiger partial charge in [-0.3, -0.25) is 4.79 Å². The summed E-state index contributed by atoms with van der Waals surface area (Å²) >= 11 is 0. The van der Waals surface area contributed by atoms with E-state index in [9.17, 15) is 4.79 Å². The van der Waals surface area contributed by atoms with Gasteiger partial charge in [-0.15, -0.1) is 5.26 Å². The van der Waals surface area contributed by atoms with Gasteiger partial charge in [0.25, 0.3) is 6.26 Å². The number of hydrogen-bond acceptors (Lipinski definition) is 4. The molecule has 0 amide bonds. The van der Waals surface area contributed by atoms with E-state index in [1.165, 1.54) is 12.5 Å². The minimum Gasteiger partial charge on any atom is -0.457 e. The number of aryl methyl sites for hydroxylation is 1.